The van der Waals surface area contributed by atoms with Crippen molar-refractivity contribution in [1.29, 1.82) is 0 Å². The SMILES string of the molecule is Cn1cc(NC(=O)NC[C@@H](O)CN2CCCC2=O)ccc1=O. The molecule has 0 saturated carbocycles. The van der Waals surface area contributed by atoms with Crippen LogP contribution in [0.5, 0.6) is 0 Å². The van der Waals surface area contributed by atoms with Gasteiger partial charge in [-0.3, -0.25) is 9.59 Å². The number of nitrogens with one attached hydrogen (secondary N) is 2. The van der Waals surface area contributed by atoms with E-state index in [9.17, 15) is 19.5 Å². The number of aliphatic hydroxyl groups excluding tert-OH is 1. The first-order valence-corrected chi connectivity index (χ1v) is 7.13. The molecule has 3 N–H and O–H groups in total. The van der Waals surface area contributed by atoms with Gasteiger partial charge in [0.25, 0.3) is 0 Å². The molecule has 1 atom stereocenters. The van der Waals surface area contributed by atoms with Crippen LogP contribution >= 0.6 is 0 Å². The number of amides is 3. The minimum Gasteiger partial charge on any atom is -0.389 e. The molecule has 0 unspecified atom stereocenters. The van der Waals surface area contributed by atoms with Crippen molar-refractivity contribution in [3.8, 4) is 0 Å². The summed E-state index contributed by atoms with van der Waals surface area (Å²) in [5.41, 5.74) is 0.306. The maximum atomic E-state index is 11.7. The molecule has 8 nitrogen and oxygen atoms in total. The van der Waals surface area contributed by atoms with E-state index in [0.29, 0.717) is 18.7 Å². The number of anilines is 1. The van der Waals surface area contributed by atoms with Gasteiger partial charge in [-0.1, -0.05) is 0 Å². The predicted octanol–water partition coefficient (Wildman–Crippen LogP) is -0.510. The normalized spacial score (nSPS) is 15.7. The molecule has 0 aromatic carbocycles. The molecule has 1 fully saturated rings. The minimum absolute atomic E-state index is 0.0358. The zero-order valence-electron chi connectivity index (χ0n) is 12.4. The Morgan fingerprint density at radius 1 is 1.41 bits per heavy atom. The fourth-order valence-corrected chi connectivity index (χ4v) is 2.27. The Labute approximate surface area is 127 Å². The number of carbonyl (C=O) groups is 2. The van der Waals surface area contributed by atoms with E-state index < -0.39 is 12.1 Å². The van der Waals surface area contributed by atoms with Gasteiger partial charge < -0.3 is 25.2 Å². The quantitative estimate of drug-likeness (QED) is 0.681. The van der Waals surface area contributed by atoms with Gasteiger partial charge in [-0.2, -0.15) is 0 Å². The third kappa shape index (κ3) is 4.32. The van der Waals surface area contributed by atoms with E-state index in [1.807, 2.05) is 0 Å². The number of urea groups is 1. The lowest BCUT2D eigenvalue weighted by atomic mass is 10.3. The van der Waals surface area contributed by atoms with Gasteiger partial charge in [0, 0.05) is 45.4 Å². The monoisotopic (exact) mass is 308 g/mol. The average molecular weight is 308 g/mol. The van der Waals surface area contributed by atoms with E-state index in [1.54, 1.807) is 11.9 Å². The molecule has 0 spiro atoms. The lowest BCUT2D eigenvalue weighted by Gasteiger charge is -2.20. The van der Waals surface area contributed by atoms with E-state index in [2.05, 4.69) is 10.6 Å². The molecule has 0 aliphatic carbocycles. The Balaban J connectivity index is 1.76. The summed E-state index contributed by atoms with van der Waals surface area (Å²) >= 11 is 0. The number of aryl methyl sites for hydroxylation is 1. The lowest BCUT2D eigenvalue weighted by molar-refractivity contribution is -0.128. The van der Waals surface area contributed by atoms with Crippen molar-refractivity contribution >= 4 is 17.6 Å². The third-order valence-corrected chi connectivity index (χ3v) is 3.44. The summed E-state index contributed by atoms with van der Waals surface area (Å²) in [7, 11) is 1.59. The van der Waals surface area contributed by atoms with Crippen LogP contribution in [0, 0.1) is 0 Å². The summed E-state index contributed by atoms with van der Waals surface area (Å²) in [4.78, 5) is 36.0. The first-order chi connectivity index (χ1) is 10.5. The number of pyridine rings is 1. The fraction of sp³-hybridized carbons (Fsp3) is 0.500. The van der Waals surface area contributed by atoms with Gasteiger partial charge in [0.05, 0.1) is 11.8 Å². The largest absolute Gasteiger partial charge is 0.389 e. The van der Waals surface area contributed by atoms with Gasteiger partial charge in [-0.05, 0) is 12.5 Å². The number of hydrogen-bond acceptors (Lipinski definition) is 4. The highest BCUT2D eigenvalue weighted by Crippen LogP contribution is 2.09. The van der Waals surface area contributed by atoms with Crippen LogP contribution in [0.2, 0.25) is 0 Å². The van der Waals surface area contributed by atoms with Crippen molar-refractivity contribution in [2.24, 2.45) is 7.05 Å². The van der Waals surface area contributed by atoms with Crippen molar-refractivity contribution in [1.82, 2.24) is 14.8 Å². The molecular weight excluding hydrogens is 288 g/mol. The molecule has 0 radical (unpaired) electrons. The highest BCUT2D eigenvalue weighted by Gasteiger charge is 2.22. The van der Waals surface area contributed by atoms with E-state index in [1.165, 1.54) is 22.9 Å². The molecule has 8 heteroatoms. The van der Waals surface area contributed by atoms with Crippen LogP contribution in [0.4, 0.5) is 10.5 Å². The number of rotatable bonds is 5. The number of hydrogen-bond donors (Lipinski definition) is 3. The number of carbonyl (C=O) groups excluding carboxylic acids is 2. The summed E-state index contributed by atoms with van der Waals surface area (Å²) < 4.78 is 1.35. The third-order valence-electron chi connectivity index (χ3n) is 3.44. The van der Waals surface area contributed by atoms with Gasteiger partial charge in [-0.25, -0.2) is 4.79 Å². The molecule has 2 rings (SSSR count). The summed E-state index contributed by atoms with van der Waals surface area (Å²) in [5, 5.41) is 14.9. The molecule has 0 bridgehead atoms. The summed E-state index contributed by atoms with van der Waals surface area (Å²) in [6, 6.07) is 2.37. The lowest BCUT2D eigenvalue weighted by Crippen LogP contribution is -2.41. The molecule has 1 aromatic heterocycles. The van der Waals surface area contributed by atoms with Gasteiger partial charge in [-0.15, -0.1) is 0 Å². The fourth-order valence-electron chi connectivity index (χ4n) is 2.27. The van der Waals surface area contributed by atoms with Crippen LogP contribution in [0.3, 0.4) is 0 Å². The van der Waals surface area contributed by atoms with Crippen LogP contribution in [0.15, 0.2) is 23.1 Å². The number of β-amino-alcohol motifs (C(OH)–C–C–N with tert-alkyl or cyclic N) is 1. The molecule has 1 aromatic rings. The van der Waals surface area contributed by atoms with Crippen LogP contribution < -0.4 is 16.2 Å². The second-order valence-corrected chi connectivity index (χ2v) is 5.30. The molecule has 1 aliphatic rings. The molecule has 22 heavy (non-hydrogen) atoms. The second kappa shape index (κ2) is 7.08. The smallest absolute Gasteiger partial charge is 0.319 e. The molecule has 120 valence electrons. The highest BCUT2D eigenvalue weighted by atomic mass is 16.3. The van der Waals surface area contributed by atoms with Crippen molar-refractivity contribution < 1.29 is 14.7 Å². The van der Waals surface area contributed by atoms with Crippen molar-refractivity contribution in [2.75, 3.05) is 25.0 Å². The maximum absolute atomic E-state index is 11.7. The Morgan fingerprint density at radius 2 is 2.18 bits per heavy atom. The number of nitrogens with zero attached hydrogens (tertiary/aromatic N) is 2. The number of aliphatic hydroxyl groups is 1. The Bertz CT molecular complexity index is 613. The molecule has 1 saturated heterocycles. The number of aromatic nitrogens is 1. The number of likely N-dealkylation sites (tertiary alicyclic amines) is 1. The maximum Gasteiger partial charge on any atom is 0.319 e. The zero-order valence-corrected chi connectivity index (χ0v) is 12.4. The topological polar surface area (TPSA) is 104 Å². The van der Waals surface area contributed by atoms with Crippen LogP contribution in [-0.4, -0.2) is 52.3 Å². The average Bonchev–Trinajstić information content (AvgIpc) is 2.86. The Morgan fingerprint density at radius 3 is 2.82 bits per heavy atom. The van der Waals surface area contributed by atoms with E-state index in [-0.39, 0.29) is 24.6 Å². The van der Waals surface area contributed by atoms with Crippen molar-refractivity contribution in [3.05, 3.63) is 28.7 Å². The molecular formula is C14H20N4O4. The highest BCUT2D eigenvalue weighted by molar-refractivity contribution is 5.89. The summed E-state index contributed by atoms with van der Waals surface area (Å²) in [6.07, 6.45) is 2.02. The van der Waals surface area contributed by atoms with Crippen LogP contribution in [0.1, 0.15) is 12.8 Å². The first kappa shape index (κ1) is 16.0. The van der Waals surface area contributed by atoms with E-state index in [0.717, 1.165) is 6.42 Å². The summed E-state index contributed by atoms with van der Waals surface area (Å²) in [6.45, 7) is 0.917. The minimum atomic E-state index is -0.812. The first-order valence-electron chi connectivity index (χ1n) is 7.13. The summed E-state index contributed by atoms with van der Waals surface area (Å²) in [5.74, 6) is 0.0358. The van der Waals surface area contributed by atoms with Gasteiger partial charge in [0.15, 0.2) is 0 Å². The van der Waals surface area contributed by atoms with Crippen LogP contribution in [0.25, 0.3) is 0 Å². The second-order valence-electron chi connectivity index (χ2n) is 5.30. The zero-order chi connectivity index (χ0) is 16.1. The van der Waals surface area contributed by atoms with Crippen molar-refractivity contribution in [2.45, 2.75) is 18.9 Å². The van der Waals surface area contributed by atoms with Gasteiger partial charge >= 0.3 is 6.03 Å². The predicted molar refractivity (Wildman–Crippen MR) is 80.5 cm³/mol. The van der Waals surface area contributed by atoms with Crippen LogP contribution in [-0.2, 0) is 11.8 Å². The van der Waals surface area contributed by atoms with Gasteiger partial charge in [0.2, 0.25) is 11.5 Å². The van der Waals surface area contributed by atoms with Gasteiger partial charge in [0.1, 0.15) is 0 Å². The molecule has 1 aliphatic heterocycles. The van der Waals surface area contributed by atoms with E-state index in [4.69, 9.17) is 0 Å². The Kier molecular flexibility index (Phi) is 5.16. The van der Waals surface area contributed by atoms with Crippen molar-refractivity contribution in [3.63, 3.8) is 0 Å². The Hall–Kier alpha value is -2.35. The van der Waals surface area contributed by atoms with E-state index >= 15 is 0 Å². The standard InChI is InChI=1S/C14H20N4O4/c1-17-8-10(4-5-12(17)20)16-14(22)15-7-11(19)9-18-6-2-3-13(18)21/h4-5,8,11,19H,2-3,6-7,9H2,1H3,(H2,15,16,22)/t11-/m1/s1. The molecule has 2 heterocycles. The molecule has 3 amide bonds.